The molecule has 180 valence electrons. The SMILES string of the molecule is CC(C)(c1cc(Cc2ccc(F)cc2)c(N)nc1N)c1cc(Cc2ccc(F)cc2)c(N)nc1N. The number of benzene rings is 2. The first kappa shape index (κ1) is 23.9. The van der Waals surface area contributed by atoms with E-state index in [4.69, 9.17) is 22.9 Å². The maximum absolute atomic E-state index is 13.3. The number of halogens is 2. The molecule has 6 nitrogen and oxygen atoms in total. The van der Waals surface area contributed by atoms with Crippen LogP contribution in [0.15, 0.2) is 60.7 Å². The molecule has 8 N–H and O–H groups in total. The molecule has 0 spiro atoms. The zero-order valence-electron chi connectivity index (χ0n) is 19.6. The van der Waals surface area contributed by atoms with Gasteiger partial charge in [-0.05, 0) is 58.7 Å². The van der Waals surface area contributed by atoms with Crippen molar-refractivity contribution in [2.45, 2.75) is 32.1 Å². The first-order chi connectivity index (χ1) is 16.5. The van der Waals surface area contributed by atoms with Crippen LogP contribution in [-0.2, 0) is 18.3 Å². The standard InChI is InChI=1S/C27H28F2N6/c1-27(2,21-13-17(23(30)34-25(21)32)11-15-3-7-19(28)8-4-15)22-14-18(24(31)35-26(22)33)12-16-5-9-20(29)10-6-16/h3-10,13-14H,11-12H2,1-2H3,(H4,30,32,34)(H4,31,33,35). The molecule has 0 fully saturated rings. The number of nitrogens with two attached hydrogens (primary N) is 4. The lowest BCUT2D eigenvalue weighted by Crippen LogP contribution is -2.25. The molecule has 8 heteroatoms. The van der Waals surface area contributed by atoms with Crippen LogP contribution in [0.25, 0.3) is 0 Å². The third-order valence-corrected chi connectivity index (χ3v) is 6.29. The van der Waals surface area contributed by atoms with E-state index in [-0.39, 0.29) is 23.3 Å². The van der Waals surface area contributed by atoms with E-state index in [0.29, 0.717) is 24.5 Å². The predicted octanol–water partition coefficient (Wildman–Crippen LogP) is 4.59. The molecule has 4 rings (SSSR count). The lowest BCUT2D eigenvalue weighted by molar-refractivity contribution is 0.627. The Morgan fingerprint density at radius 2 is 0.943 bits per heavy atom. The van der Waals surface area contributed by atoms with Gasteiger partial charge in [0.2, 0.25) is 0 Å². The van der Waals surface area contributed by atoms with E-state index in [1.807, 2.05) is 26.0 Å². The Bertz CT molecular complexity index is 1260. The summed E-state index contributed by atoms with van der Waals surface area (Å²) in [5, 5.41) is 0. The Labute approximate surface area is 203 Å². The van der Waals surface area contributed by atoms with E-state index >= 15 is 0 Å². The summed E-state index contributed by atoms with van der Waals surface area (Å²) in [6, 6.07) is 16.3. The molecule has 2 heterocycles. The van der Waals surface area contributed by atoms with Gasteiger partial charge in [-0.1, -0.05) is 38.1 Å². The van der Waals surface area contributed by atoms with Crippen molar-refractivity contribution < 1.29 is 8.78 Å². The van der Waals surface area contributed by atoms with Crippen LogP contribution in [0, 0.1) is 11.6 Å². The minimum atomic E-state index is -0.690. The predicted molar refractivity (Wildman–Crippen MR) is 137 cm³/mol. The van der Waals surface area contributed by atoms with Gasteiger partial charge in [0, 0.05) is 29.4 Å². The van der Waals surface area contributed by atoms with Crippen LogP contribution < -0.4 is 22.9 Å². The molecule has 0 bridgehead atoms. The van der Waals surface area contributed by atoms with Crippen molar-refractivity contribution >= 4 is 23.3 Å². The molecule has 2 aromatic carbocycles. The van der Waals surface area contributed by atoms with Gasteiger partial charge in [0.25, 0.3) is 0 Å². The molecule has 35 heavy (non-hydrogen) atoms. The van der Waals surface area contributed by atoms with Gasteiger partial charge in [-0.2, -0.15) is 0 Å². The number of nitrogen functional groups attached to an aromatic ring is 4. The van der Waals surface area contributed by atoms with Crippen molar-refractivity contribution in [1.29, 1.82) is 0 Å². The number of nitrogens with zero attached hydrogens (tertiary/aromatic N) is 2. The smallest absolute Gasteiger partial charge is 0.129 e. The fourth-order valence-corrected chi connectivity index (χ4v) is 4.24. The minimum Gasteiger partial charge on any atom is -0.383 e. The molecule has 0 aliphatic rings. The van der Waals surface area contributed by atoms with Crippen LogP contribution in [0.1, 0.15) is 47.2 Å². The van der Waals surface area contributed by atoms with Crippen molar-refractivity contribution in [3.8, 4) is 0 Å². The average molecular weight is 475 g/mol. The number of pyridine rings is 2. The first-order valence-corrected chi connectivity index (χ1v) is 11.1. The van der Waals surface area contributed by atoms with Gasteiger partial charge in [-0.25, -0.2) is 18.7 Å². The summed E-state index contributed by atoms with van der Waals surface area (Å²) >= 11 is 0. The van der Waals surface area contributed by atoms with Gasteiger partial charge in [-0.15, -0.1) is 0 Å². The van der Waals surface area contributed by atoms with Crippen LogP contribution in [-0.4, -0.2) is 9.97 Å². The van der Waals surface area contributed by atoms with Crippen molar-refractivity contribution in [3.63, 3.8) is 0 Å². The highest BCUT2D eigenvalue weighted by atomic mass is 19.1. The summed E-state index contributed by atoms with van der Waals surface area (Å²) in [6.45, 7) is 3.95. The number of hydrogen-bond donors (Lipinski definition) is 4. The summed E-state index contributed by atoms with van der Waals surface area (Å²) < 4.78 is 26.6. The van der Waals surface area contributed by atoms with Gasteiger partial charge in [0.15, 0.2) is 0 Å². The number of hydrogen-bond acceptors (Lipinski definition) is 6. The second-order valence-corrected chi connectivity index (χ2v) is 9.16. The highest BCUT2D eigenvalue weighted by Gasteiger charge is 2.31. The summed E-state index contributed by atoms with van der Waals surface area (Å²) in [4.78, 5) is 8.77. The molecular formula is C27H28F2N6. The molecule has 0 atom stereocenters. The summed E-state index contributed by atoms with van der Waals surface area (Å²) in [5.74, 6) is 0.584. The van der Waals surface area contributed by atoms with Crippen molar-refractivity contribution in [2.75, 3.05) is 22.9 Å². The van der Waals surface area contributed by atoms with Crippen LogP contribution >= 0.6 is 0 Å². The lowest BCUT2D eigenvalue weighted by Gasteiger charge is -2.29. The molecule has 0 unspecified atom stereocenters. The maximum atomic E-state index is 13.3. The highest BCUT2D eigenvalue weighted by Crippen LogP contribution is 2.39. The Hall–Kier alpha value is -4.20. The van der Waals surface area contributed by atoms with E-state index in [1.165, 1.54) is 24.3 Å². The molecule has 0 amide bonds. The summed E-state index contributed by atoms with van der Waals surface area (Å²) in [6.07, 6.45) is 0.932. The first-order valence-electron chi connectivity index (χ1n) is 11.1. The van der Waals surface area contributed by atoms with Gasteiger partial charge in [-0.3, -0.25) is 0 Å². The number of rotatable bonds is 6. The van der Waals surface area contributed by atoms with Gasteiger partial charge in [0.1, 0.15) is 34.9 Å². The number of aromatic nitrogens is 2. The monoisotopic (exact) mass is 474 g/mol. The summed E-state index contributed by atoms with van der Waals surface area (Å²) in [7, 11) is 0. The topological polar surface area (TPSA) is 130 Å². The molecule has 0 radical (unpaired) electrons. The fourth-order valence-electron chi connectivity index (χ4n) is 4.24. The average Bonchev–Trinajstić information content (AvgIpc) is 2.80. The maximum Gasteiger partial charge on any atom is 0.129 e. The molecule has 0 aliphatic heterocycles. The highest BCUT2D eigenvalue weighted by molar-refractivity contribution is 5.63. The molecule has 0 saturated carbocycles. The van der Waals surface area contributed by atoms with Gasteiger partial charge >= 0.3 is 0 Å². The lowest BCUT2D eigenvalue weighted by atomic mass is 9.77. The minimum absolute atomic E-state index is 0.284. The zero-order valence-corrected chi connectivity index (χ0v) is 19.6. The Balaban J connectivity index is 1.74. The Morgan fingerprint density at radius 1 is 0.600 bits per heavy atom. The molecule has 0 aliphatic carbocycles. The van der Waals surface area contributed by atoms with Crippen LogP contribution in [0.3, 0.4) is 0 Å². The fraction of sp³-hybridized carbons (Fsp3) is 0.185. The van der Waals surface area contributed by atoms with Crippen molar-refractivity contribution in [2.24, 2.45) is 0 Å². The summed E-state index contributed by atoms with van der Waals surface area (Å²) in [5.41, 5.74) is 29.1. The molecular weight excluding hydrogens is 446 g/mol. The molecule has 0 saturated heterocycles. The van der Waals surface area contributed by atoms with Crippen LogP contribution in [0.2, 0.25) is 0 Å². The second-order valence-electron chi connectivity index (χ2n) is 9.16. The second kappa shape index (κ2) is 9.21. The Kier molecular flexibility index (Phi) is 6.30. The molecule has 4 aromatic rings. The third kappa shape index (κ3) is 5.01. The van der Waals surface area contributed by atoms with Gasteiger partial charge < -0.3 is 22.9 Å². The largest absolute Gasteiger partial charge is 0.383 e. The number of anilines is 4. The van der Waals surface area contributed by atoms with Gasteiger partial charge in [0.05, 0.1) is 0 Å². The van der Waals surface area contributed by atoms with E-state index in [2.05, 4.69) is 9.97 Å². The zero-order chi connectivity index (χ0) is 25.3. The third-order valence-electron chi connectivity index (χ3n) is 6.29. The van der Waals surface area contributed by atoms with E-state index < -0.39 is 5.41 Å². The van der Waals surface area contributed by atoms with E-state index in [0.717, 1.165) is 33.4 Å². The van der Waals surface area contributed by atoms with Crippen molar-refractivity contribution in [3.05, 3.63) is 106 Å². The Morgan fingerprint density at radius 3 is 1.29 bits per heavy atom. The van der Waals surface area contributed by atoms with Crippen LogP contribution in [0.5, 0.6) is 0 Å². The quantitative estimate of drug-likeness (QED) is 0.323. The van der Waals surface area contributed by atoms with Crippen LogP contribution in [0.4, 0.5) is 32.1 Å². The molecule has 2 aromatic heterocycles. The van der Waals surface area contributed by atoms with E-state index in [1.54, 1.807) is 24.3 Å². The van der Waals surface area contributed by atoms with Crippen molar-refractivity contribution in [1.82, 2.24) is 9.97 Å². The normalized spacial score (nSPS) is 11.5. The van der Waals surface area contributed by atoms with E-state index in [9.17, 15) is 8.78 Å².